The van der Waals surface area contributed by atoms with Crippen molar-refractivity contribution in [3.8, 4) is 0 Å². The number of rotatable bonds is 1. The third kappa shape index (κ3) is 1.97. The lowest BCUT2D eigenvalue weighted by molar-refractivity contribution is -0.160. The van der Waals surface area contributed by atoms with Gasteiger partial charge in [-0.25, -0.2) is 0 Å². The normalized spacial score (nSPS) is 23.9. The van der Waals surface area contributed by atoms with Gasteiger partial charge in [-0.15, -0.1) is 0 Å². The SMILES string of the molecule is O=C1C[C@H](O)CC(c2cccc3ccccc23)O1. The molecule has 0 spiro atoms. The highest BCUT2D eigenvalue weighted by molar-refractivity contribution is 5.86. The van der Waals surface area contributed by atoms with Crippen LogP contribution in [0.4, 0.5) is 0 Å². The number of aliphatic hydroxyl groups excluding tert-OH is 1. The van der Waals surface area contributed by atoms with Crippen molar-refractivity contribution in [3.63, 3.8) is 0 Å². The molecule has 0 amide bonds. The van der Waals surface area contributed by atoms with Crippen molar-refractivity contribution in [3.05, 3.63) is 48.0 Å². The average Bonchev–Trinajstić information content (AvgIpc) is 2.37. The van der Waals surface area contributed by atoms with Crippen molar-refractivity contribution >= 4 is 16.7 Å². The van der Waals surface area contributed by atoms with E-state index in [1.54, 1.807) is 0 Å². The van der Waals surface area contributed by atoms with Gasteiger partial charge < -0.3 is 9.84 Å². The van der Waals surface area contributed by atoms with E-state index in [1.165, 1.54) is 0 Å². The van der Waals surface area contributed by atoms with E-state index in [0.29, 0.717) is 6.42 Å². The van der Waals surface area contributed by atoms with Gasteiger partial charge >= 0.3 is 5.97 Å². The van der Waals surface area contributed by atoms with E-state index < -0.39 is 6.10 Å². The number of carbonyl (C=O) groups is 1. The minimum atomic E-state index is -0.602. The molecule has 2 aromatic rings. The van der Waals surface area contributed by atoms with E-state index >= 15 is 0 Å². The summed E-state index contributed by atoms with van der Waals surface area (Å²) < 4.78 is 5.35. The zero-order valence-corrected chi connectivity index (χ0v) is 9.87. The highest BCUT2D eigenvalue weighted by atomic mass is 16.5. The van der Waals surface area contributed by atoms with Gasteiger partial charge in [0.15, 0.2) is 0 Å². The summed E-state index contributed by atoms with van der Waals surface area (Å²) in [6, 6.07) is 13.9. The summed E-state index contributed by atoms with van der Waals surface area (Å²) in [7, 11) is 0. The van der Waals surface area contributed by atoms with E-state index in [4.69, 9.17) is 4.74 Å². The molecular weight excluding hydrogens is 228 g/mol. The standard InChI is InChI=1S/C15H14O3/c16-11-8-14(18-15(17)9-11)13-7-3-5-10-4-1-2-6-12(10)13/h1-7,11,14,16H,8-9H2/t11-,14?/m1/s1. The molecule has 1 unspecified atom stereocenters. The Morgan fingerprint density at radius 2 is 1.89 bits per heavy atom. The molecule has 3 rings (SSSR count). The van der Waals surface area contributed by atoms with E-state index in [-0.39, 0.29) is 18.5 Å². The van der Waals surface area contributed by atoms with Gasteiger partial charge in [-0.05, 0) is 10.8 Å². The molecule has 18 heavy (non-hydrogen) atoms. The number of carbonyl (C=O) groups excluding carboxylic acids is 1. The maximum Gasteiger partial charge on any atom is 0.309 e. The number of aliphatic hydroxyl groups is 1. The summed E-state index contributed by atoms with van der Waals surface area (Å²) in [4.78, 5) is 11.4. The molecule has 2 atom stereocenters. The fourth-order valence-electron chi connectivity index (χ4n) is 2.50. The van der Waals surface area contributed by atoms with Gasteiger partial charge in [0.25, 0.3) is 0 Å². The first kappa shape index (κ1) is 11.2. The zero-order chi connectivity index (χ0) is 12.5. The summed E-state index contributed by atoms with van der Waals surface area (Å²) in [6.45, 7) is 0. The lowest BCUT2D eigenvalue weighted by Crippen LogP contribution is -2.27. The second-order valence-corrected chi connectivity index (χ2v) is 4.64. The number of hydrogen-bond acceptors (Lipinski definition) is 3. The number of fused-ring (bicyclic) bond motifs is 1. The van der Waals surface area contributed by atoms with Gasteiger partial charge in [0.1, 0.15) is 6.10 Å². The van der Waals surface area contributed by atoms with E-state index in [9.17, 15) is 9.90 Å². The van der Waals surface area contributed by atoms with Gasteiger partial charge in [0.05, 0.1) is 12.5 Å². The van der Waals surface area contributed by atoms with E-state index in [2.05, 4.69) is 0 Å². The van der Waals surface area contributed by atoms with Crippen LogP contribution in [0.25, 0.3) is 10.8 Å². The van der Waals surface area contributed by atoms with Crippen molar-refractivity contribution in [2.24, 2.45) is 0 Å². The van der Waals surface area contributed by atoms with Gasteiger partial charge in [-0.3, -0.25) is 4.79 Å². The molecular formula is C15H14O3. The van der Waals surface area contributed by atoms with Crippen LogP contribution < -0.4 is 0 Å². The fourth-order valence-corrected chi connectivity index (χ4v) is 2.50. The molecule has 1 N–H and O–H groups in total. The Balaban J connectivity index is 2.06. The minimum Gasteiger partial charge on any atom is -0.457 e. The van der Waals surface area contributed by atoms with Crippen molar-refractivity contribution in [2.45, 2.75) is 25.0 Å². The molecule has 1 fully saturated rings. The molecule has 0 saturated carbocycles. The molecule has 0 aromatic heterocycles. The van der Waals surface area contributed by atoms with Crippen LogP contribution in [0.3, 0.4) is 0 Å². The number of cyclic esters (lactones) is 1. The summed E-state index contributed by atoms with van der Waals surface area (Å²) in [5.74, 6) is -0.327. The van der Waals surface area contributed by atoms with Gasteiger partial charge in [-0.2, -0.15) is 0 Å². The van der Waals surface area contributed by atoms with E-state index in [0.717, 1.165) is 16.3 Å². The second kappa shape index (κ2) is 4.42. The van der Waals surface area contributed by atoms with Gasteiger partial charge in [0, 0.05) is 12.0 Å². The second-order valence-electron chi connectivity index (χ2n) is 4.64. The van der Waals surface area contributed by atoms with Crippen LogP contribution in [0.2, 0.25) is 0 Å². The highest BCUT2D eigenvalue weighted by Gasteiger charge is 2.29. The molecule has 1 aliphatic rings. The van der Waals surface area contributed by atoms with Crippen LogP contribution in [0.5, 0.6) is 0 Å². The number of ether oxygens (including phenoxy) is 1. The Hall–Kier alpha value is -1.87. The minimum absolute atomic E-state index is 0.0985. The third-order valence-corrected chi connectivity index (χ3v) is 3.33. The van der Waals surface area contributed by atoms with Crippen LogP contribution in [0, 0.1) is 0 Å². The summed E-state index contributed by atoms with van der Waals surface area (Å²) in [5, 5.41) is 11.9. The molecule has 0 bridgehead atoms. The number of esters is 1. The Morgan fingerprint density at radius 3 is 2.72 bits per heavy atom. The largest absolute Gasteiger partial charge is 0.457 e. The number of benzene rings is 2. The molecule has 1 saturated heterocycles. The van der Waals surface area contributed by atoms with Gasteiger partial charge in [0.2, 0.25) is 0 Å². The third-order valence-electron chi connectivity index (χ3n) is 3.33. The molecule has 0 aliphatic carbocycles. The van der Waals surface area contributed by atoms with Crippen molar-refractivity contribution in [1.29, 1.82) is 0 Å². The first-order valence-electron chi connectivity index (χ1n) is 6.09. The lowest BCUT2D eigenvalue weighted by Gasteiger charge is -2.27. The maximum atomic E-state index is 11.4. The molecule has 1 aliphatic heterocycles. The maximum absolute atomic E-state index is 11.4. The monoisotopic (exact) mass is 242 g/mol. The average molecular weight is 242 g/mol. The Morgan fingerprint density at radius 1 is 1.11 bits per heavy atom. The summed E-state index contributed by atoms with van der Waals surface area (Å²) in [6.07, 6.45) is -0.372. The van der Waals surface area contributed by atoms with Crippen LogP contribution in [-0.2, 0) is 9.53 Å². The smallest absolute Gasteiger partial charge is 0.309 e. The quantitative estimate of drug-likeness (QED) is 0.782. The van der Waals surface area contributed by atoms with Crippen molar-refractivity contribution in [1.82, 2.24) is 0 Å². The molecule has 2 aromatic carbocycles. The Bertz CT molecular complexity index is 586. The topological polar surface area (TPSA) is 46.5 Å². The lowest BCUT2D eigenvalue weighted by atomic mass is 9.94. The highest BCUT2D eigenvalue weighted by Crippen LogP contribution is 2.33. The van der Waals surface area contributed by atoms with E-state index in [1.807, 2.05) is 42.5 Å². The molecule has 3 nitrogen and oxygen atoms in total. The van der Waals surface area contributed by atoms with Crippen LogP contribution in [-0.4, -0.2) is 17.2 Å². The first-order valence-corrected chi connectivity index (χ1v) is 6.09. The molecule has 1 heterocycles. The fraction of sp³-hybridized carbons (Fsp3) is 0.267. The molecule has 92 valence electrons. The van der Waals surface area contributed by atoms with Crippen LogP contribution in [0.1, 0.15) is 24.5 Å². The van der Waals surface area contributed by atoms with Crippen molar-refractivity contribution < 1.29 is 14.6 Å². The molecule has 3 heteroatoms. The Labute approximate surface area is 105 Å². The first-order chi connectivity index (χ1) is 8.74. The Kier molecular flexibility index (Phi) is 2.76. The predicted molar refractivity (Wildman–Crippen MR) is 68.0 cm³/mol. The molecule has 0 radical (unpaired) electrons. The predicted octanol–water partition coefficient (Wildman–Crippen LogP) is 2.58. The summed E-state index contributed by atoms with van der Waals surface area (Å²) in [5.41, 5.74) is 0.972. The zero-order valence-electron chi connectivity index (χ0n) is 9.87. The van der Waals surface area contributed by atoms with Crippen LogP contribution >= 0.6 is 0 Å². The van der Waals surface area contributed by atoms with Gasteiger partial charge in [-0.1, -0.05) is 42.5 Å². The number of hydrogen-bond donors (Lipinski definition) is 1. The van der Waals surface area contributed by atoms with Crippen LogP contribution in [0.15, 0.2) is 42.5 Å². The summed E-state index contributed by atoms with van der Waals surface area (Å²) >= 11 is 0. The van der Waals surface area contributed by atoms with Crippen molar-refractivity contribution in [2.75, 3.05) is 0 Å².